The molecule has 3 nitrogen and oxygen atoms in total. The van der Waals surface area contributed by atoms with E-state index in [4.69, 9.17) is 4.74 Å². The molecule has 0 amide bonds. The molecule has 0 radical (unpaired) electrons. The van der Waals surface area contributed by atoms with Crippen LogP contribution in [-0.4, -0.2) is 48.5 Å². The Morgan fingerprint density at radius 3 is 2.08 bits per heavy atom. The zero-order chi connectivity index (χ0) is 10.6. The third-order valence-electron chi connectivity index (χ3n) is 2.66. The lowest BCUT2D eigenvalue weighted by Gasteiger charge is -2.40. The summed E-state index contributed by atoms with van der Waals surface area (Å²) in [4.78, 5) is 2.14. The number of aliphatic hydroxyl groups is 1. The average molecular weight is 189 g/mol. The molecule has 0 saturated carbocycles. The van der Waals surface area contributed by atoms with Gasteiger partial charge < -0.3 is 9.84 Å². The van der Waals surface area contributed by atoms with Gasteiger partial charge in [0.25, 0.3) is 0 Å². The van der Waals surface area contributed by atoms with Crippen LogP contribution in [0.15, 0.2) is 0 Å². The Labute approximate surface area is 81.7 Å². The average Bonchev–Trinajstić information content (AvgIpc) is 2.03. The highest BCUT2D eigenvalue weighted by atomic mass is 16.5. The maximum Gasteiger partial charge on any atom is 0.0720 e. The van der Waals surface area contributed by atoms with E-state index in [1.54, 1.807) is 7.11 Å². The number of hydrogen-bond acceptors (Lipinski definition) is 3. The van der Waals surface area contributed by atoms with Crippen molar-refractivity contribution >= 4 is 0 Å². The Hall–Kier alpha value is -0.120. The van der Waals surface area contributed by atoms with Gasteiger partial charge in [-0.05, 0) is 34.7 Å². The van der Waals surface area contributed by atoms with Crippen molar-refractivity contribution in [3.63, 3.8) is 0 Å². The van der Waals surface area contributed by atoms with Crippen LogP contribution < -0.4 is 0 Å². The second-order valence-corrected chi connectivity index (χ2v) is 4.47. The molecule has 0 heterocycles. The number of hydrogen-bond donors (Lipinski definition) is 1. The molecule has 0 spiro atoms. The van der Waals surface area contributed by atoms with Crippen molar-refractivity contribution < 1.29 is 9.84 Å². The maximum absolute atomic E-state index is 9.24. The van der Waals surface area contributed by atoms with Crippen LogP contribution in [0.25, 0.3) is 0 Å². The zero-order valence-corrected chi connectivity index (χ0v) is 9.66. The van der Waals surface area contributed by atoms with Crippen molar-refractivity contribution in [3.05, 3.63) is 0 Å². The Balaban J connectivity index is 4.40. The summed E-state index contributed by atoms with van der Waals surface area (Å²) < 4.78 is 5.22. The first-order valence-electron chi connectivity index (χ1n) is 4.71. The topological polar surface area (TPSA) is 32.7 Å². The predicted molar refractivity (Wildman–Crippen MR) is 54.9 cm³/mol. The van der Waals surface area contributed by atoms with E-state index in [1.165, 1.54) is 0 Å². The number of nitrogens with zero attached hydrogens (tertiary/aromatic N) is 1. The molecule has 1 N–H and O–H groups in total. The fourth-order valence-corrected chi connectivity index (χ4v) is 1.24. The summed E-state index contributed by atoms with van der Waals surface area (Å²) in [6, 6.07) is 0.0602. The Morgan fingerprint density at radius 2 is 1.85 bits per heavy atom. The molecule has 0 aliphatic heterocycles. The van der Waals surface area contributed by atoms with Crippen LogP contribution in [0, 0.1) is 0 Å². The van der Waals surface area contributed by atoms with E-state index in [1.807, 2.05) is 14.0 Å². The number of methoxy groups -OCH3 is 1. The van der Waals surface area contributed by atoms with Crippen molar-refractivity contribution in [2.45, 2.75) is 45.4 Å². The van der Waals surface area contributed by atoms with E-state index in [9.17, 15) is 5.11 Å². The van der Waals surface area contributed by atoms with Crippen LogP contribution in [-0.2, 0) is 4.74 Å². The molecule has 0 rings (SSSR count). The van der Waals surface area contributed by atoms with Gasteiger partial charge in [-0.1, -0.05) is 0 Å². The van der Waals surface area contributed by atoms with E-state index < -0.39 is 0 Å². The molecule has 13 heavy (non-hydrogen) atoms. The van der Waals surface area contributed by atoms with E-state index in [0.29, 0.717) is 0 Å². The molecule has 0 aromatic carbocycles. The summed E-state index contributed by atoms with van der Waals surface area (Å²) >= 11 is 0. The lowest BCUT2D eigenvalue weighted by molar-refractivity contribution is -0.0234. The molecular formula is C10H23NO2. The van der Waals surface area contributed by atoms with Crippen molar-refractivity contribution in [2.24, 2.45) is 0 Å². The fourth-order valence-electron chi connectivity index (χ4n) is 1.24. The number of rotatable bonds is 4. The van der Waals surface area contributed by atoms with Gasteiger partial charge in [-0.2, -0.15) is 0 Å². The van der Waals surface area contributed by atoms with Crippen LogP contribution in [0.5, 0.6) is 0 Å². The lowest BCUT2D eigenvalue weighted by Crippen LogP contribution is -2.52. The molecule has 0 aromatic rings. The third-order valence-corrected chi connectivity index (χ3v) is 2.66. The molecule has 3 heteroatoms. The maximum atomic E-state index is 9.24. The van der Waals surface area contributed by atoms with Crippen LogP contribution in [0.3, 0.4) is 0 Å². The summed E-state index contributed by atoms with van der Waals surface area (Å²) in [5.41, 5.74) is 0.0557. The monoisotopic (exact) mass is 189 g/mol. The molecule has 0 aliphatic rings. The highest BCUT2D eigenvalue weighted by Gasteiger charge is 2.28. The van der Waals surface area contributed by atoms with Crippen LogP contribution in [0.2, 0.25) is 0 Å². The third kappa shape index (κ3) is 3.63. The number of likely N-dealkylation sites (N-methyl/N-ethyl adjacent to an activating group) is 1. The Bertz CT molecular complexity index is 142. The SMILES string of the molecule is COC(C)C(CO)N(C)C(C)(C)C. The van der Waals surface area contributed by atoms with Crippen LogP contribution >= 0.6 is 0 Å². The smallest absolute Gasteiger partial charge is 0.0720 e. The molecule has 0 aromatic heterocycles. The minimum absolute atomic E-state index is 0.0502. The van der Waals surface area contributed by atoms with E-state index >= 15 is 0 Å². The van der Waals surface area contributed by atoms with E-state index in [2.05, 4.69) is 25.7 Å². The highest BCUT2D eigenvalue weighted by Crippen LogP contribution is 2.17. The minimum Gasteiger partial charge on any atom is -0.395 e. The molecule has 2 atom stereocenters. The molecule has 0 saturated heterocycles. The highest BCUT2D eigenvalue weighted by molar-refractivity contribution is 4.83. The predicted octanol–water partition coefficient (Wildman–Crippen LogP) is 1.11. The Kier molecular flexibility index (Phi) is 4.89. The molecule has 2 unspecified atom stereocenters. The summed E-state index contributed by atoms with van der Waals surface area (Å²) in [5.74, 6) is 0. The van der Waals surface area contributed by atoms with E-state index in [0.717, 1.165) is 0 Å². The quantitative estimate of drug-likeness (QED) is 0.719. The second kappa shape index (κ2) is 4.94. The first-order valence-corrected chi connectivity index (χ1v) is 4.71. The van der Waals surface area contributed by atoms with Crippen molar-refractivity contribution in [2.75, 3.05) is 20.8 Å². The second-order valence-electron chi connectivity index (χ2n) is 4.47. The van der Waals surface area contributed by atoms with Crippen molar-refractivity contribution in [1.29, 1.82) is 0 Å². The Morgan fingerprint density at radius 1 is 1.38 bits per heavy atom. The summed E-state index contributed by atoms with van der Waals surface area (Å²) in [6.07, 6.45) is 0.0502. The molecule has 0 aliphatic carbocycles. The summed E-state index contributed by atoms with van der Waals surface area (Å²) in [6.45, 7) is 8.47. The normalized spacial score (nSPS) is 17.5. The summed E-state index contributed by atoms with van der Waals surface area (Å²) in [5, 5.41) is 9.24. The summed E-state index contributed by atoms with van der Waals surface area (Å²) in [7, 11) is 3.68. The molecule has 80 valence electrons. The molecule has 0 fully saturated rings. The molecular weight excluding hydrogens is 166 g/mol. The van der Waals surface area contributed by atoms with Crippen molar-refractivity contribution in [3.8, 4) is 0 Å². The van der Waals surface area contributed by atoms with Gasteiger partial charge in [-0.25, -0.2) is 0 Å². The number of aliphatic hydroxyl groups excluding tert-OH is 1. The number of ether oxygens (including phenoxy) is 1. The first kappa shape index (κ1) is 12.9. The minimum atomic E-state index is 0.0502. The van der Waals surface area contributed by atoms with Gasteiger partial charge in [-0.3, -0.25) is 4.90 Å². The standard InChI is InChI=1S/C10H23NO2/c1-8(13-6)9(7-12)11(5)10(2,3)4/h8-9,12H,7H2,1-6H3. The van der Waals surface area contributed by atoms with Crippen LogP contribution in [0.4, 0.5) is 0 Å². The van der Waals surface area contributed by atoms with E-state index in [-0.39, 0.29) is 24.3 Å². The lowest BCUT2D eigenvalue weighted by atomic mass is 10.0. The van der Waals surface area contributed by atoms with Gasteiger partial charge in [-0.15, -0.1) is 0 Å². The van der Waals surface area contributed by atoms with Gasteiger partial charge in [0.2, 0.25) is 0 Å². The van der Waals surface area contributed by atoms with Crippen LogP contribution in [0.1, 0.15) is 27.7 Å². The van der Waals surface area contributed by atoms with Crippen molar-refractivity contribution in [1.82, 2.24) is 4.90 Å². The largest absolute Gasteiger partial charge is 0.395 e. The van der Waals surface area contributed by atoms with Gasteiger partial charge in [0.1, 0.15) is 0 Å². The zero-order valence-electron chi connectivity index (χ0n) is 9.66. The van der Waals surface area contributed by atoms with Gasteiger partial charge in [0, 0.05) is 12.6 Å². The molecule has 0 bridgehead atoms. The van der Waals surface area contributed by atoms with Gasteiger partial charge in [0.05, 0.1) is 18.8 Å². The van der Waals surface area contributed by atoms with Gasteiger partial charge >= 0.3 is 0 Å². The van der Waals surface area contributed by atoms with Gasteiger partial charge in [0.15, 0.2) is 0 Å². The fraction of sp³-hybridized carbons (Fsp3) is 1.00. The first-order chi connectivity index (χ1) is 5.84.